The zero-order chi connectivity index (χ0) is 36.5. The van der Waals surface area contributed by atoms with Crippen LogP contribution < -0.4 is 14.2 Å². The number of ether oxygens (including phenoxy) is 3. The molecule has 0 aliphatic carbocycles. The lowest BCUT2D eigenvalue weighted by atomic mass is 10.1. The molecule has 0 N–H and O–H groups in total. The predicted molar refractivity (Wildman–Crippen MR) is 216 cm³/mol. The number of aromatic nitrogens is 1. The van der Waals surface area contributed by atoms with E-state index < -0.39 is 0 Å². The zero-order valence-electron chi connectivity index (χ0n) is 30.8. The highest BCUT2D eigenvalue weighted by Gasteiger charge is 2.22. The van der Waals surface area contributed by atoms with E-state index in [2.05, 4.69) is 84.4 Å². The number of halogens is 2. The van der Waals surface area contributed by atoms with Crippen molar-refractivity contribution in [3.8, 4) is 23.1 Å². The Bertz CT molecular complexity index is 1950. The monoisotopic (exact) mass is 751 g/mol. The van der Waals surface area contributed by atoms with Crippen LogP contribution in [0.1, 0.15) is 45.9 Å². The van der Waals surface area contributed by atoms with Gasteiger partial charge < -0.3 is 19.1 Å². The first kappa shape index (κ1) is 39.4. The lowest BCUT2D eigenvalue weighted by molar-refractivity contribution is -0.128. The Hall–Kier alpha value is -4.82. The van der Waals surface area contributed by atoms with E-state index in [1.165, 1.54) is 22.3 Å². The van der Waals surface area contributed by atoms with Crippen LogP contribution in [0, 0.1) is 20.8 Å². The minimum absolute atomic E-state index is 0. The largest absolute Gasteiger partial charge is 0.493 e. The maximum atomic E-state index is 13.4. The van der Waals surface area contributed by atoms with E-state index in [0.717, 1.165) is 48.5 Å². The van der Waals surface area contributed by atoms with Gasteiger partial charge in [-0.25, -0.2) is 4.98 Å². The summed E-state index contributed by atoms with van der Waals surface area (Å²) in [5.41, 5.74) is 8.42. The van der Waals surface area contributed by atoms with Crippen molar-refractivity contribution < 1.29 is 19.0 Å². The van der Waals surface area contributed by atoms with Crippen LogP contribution in [0.2, 0.25) is 5.02 Å². The fourth-order valence-electron chi connectivity index (χ4n) is 6.10. The number of piperazine rings is 1. The molecular formula is C44H47Cl2N3O4. The third kappa shape index (κ3) is 11.3. The molecular weight excluding hydrogens is 705 g/mol. The van der Waals surface area contributed by atoms with Gasteiger partial charge in [-0.2, -0.15) is 0 Å². The minimum Gasteiger partial charge on any atom is -0.493 e. The number of amides is 1. The van der Waals surface area contributed by atoms with Gasteiger partial charge in [0.1, 0.15) is 18.1 Å². The van der Waals surface area contributed by atoms with E-state index in [1.807, 2.05) is 55.2 Å². The van der Waals surface area contributed by atoms with Crippen molar-refractivity contribution in [1.29, 1.82) is 0 Å². The summed E-state index contributed by atoms with van der Waals surface area (Å²) in [5.74, 6) is 2.54. The molecule has 0 bridgehead atoms. The SMILES string of the molecule is CC(=Cc1cc(C)c(Oc2ccc(OCc3ccc(C)cc3)cn2)c(Cl)c1)C(=O)N1CCN(Cc2ccc(CCOc3ccc(C)cc3)cc2)CC1.Cl. The number of pyridine rings is 1. The van der Waals surface area contributed by atoms with Crippen LogP contribution in [0.15, 0.2) is 109 Å². The Labute approximate surface area is 324 Å². The average Bonchev–Trinajstić information content (AvgIpc) is 3.15. The maximum absolute atomic E-state index is 13.4. The zero-order valence-corrected chi connectivity index (χ0v) is 32.4. The molecule has 1 aliphatic rings. The van der Waals surface area contributed by atoms with Gasteiger partial charge >= 0.3 is 0 Å². The van der Waals surface area contributed by atoms with Gasteiger partial charge in [0.15, 0.2) is 5.75 Å². The number of rotatable bonds is 13. The van der Waals surface area contributed by atoms with Gasteiger partial charge in [0.2, 0.25) is 11.8 Å². The molecule has 1 aromatic heterocycles. The van der Waals surface area contributed by atoms with Gasteiger partial charge in [0.05, 0.1) is 17.8 Å². The van der Waals surface area contributed by atoms with Gasteiger partial charge in [-0.15, -0.1) is 12.4 Å². The number of carbonyl (C=O) groups is 1. The number of aryl methyl sites for hydroxylation is 3. The normalized spacial score (nSPS) is 13.3. The van der Waals surface area contributed by atoms with Crippen molar-refractivity contribution in [1.82, 2.24) is 14.8 Å². The smallest absolute Gasteiger partial charge is 0.249 e. The molecule has 0 radical (unpaired) electrons. The Morgan fingerprint density at radius 1 is 0.774 bits per heavy atom. The summed E-state index contributed by atoms with van der Waals surface area (Å²) in [6.45, 7) is 12.9. The number of carbonyl (C=O) groups excluding carboxylic acids is 1. The van der Waals surface area contributed by atoms with Crippen molar-refractivity contribution in [2.45, 2.75) is 47.3 Å². The van der Waals surface area contributed by atoms with Crippen LogP contribution in [0.5, 0.6) is 23.1 Å². The van der Waals surface area contributed by atoms with Gasteiger partial charge in [0.25, 0.3) is 0 Å². The van der Waals surface area contributed by atoms with Gasteiger partial charge in [-0.3, -0.25) is 9.69 Å². The average molecular weight is 753 g/mol. The molecule has 7 nitrogen and oxygen atoms in total. The van der Waals surface area contributed by atoms with Crippen molar-refractivity contribution >= 4 is 36.0 Å². The molecule has 9 heteroatoms. The van der Waals surface area contributed by atoms with Gasteiger partial charge in [-0.05, 0) is 91.9 Å². The molecule has 1 saturated heterocycles. The molecule has 4 aromatic carbocycles. The molecule has 5 aromatic rings. The van der Waals surface area contributed by atoms with Crippen LogP contribution in [0.25, 0.3) is 6.08 Å². The standard InChI is InChI=1S/C44H46ClN3O4.ClH/c1-31-5-9-37(10-6-31)30-51-40-17-18-42(46-28-40)52-43-33(3)25-38(27-41(43)45)26-34(4)44(49)48-22-20-47(21-23-48)29-36-13-11-35(12-14-36)19-24-50-39-15-7-32(2)8-16-39;/h5-18,25-28H,19-24,29-30H2,1-4H3;1H. The summed E-state index contributed by atoms with van der Waals surface area (Å²) in [5, 5.41) is 0.449. The van der Waals surface area contributed by atoms with Gasteiger partial charge in [-0.1, -0.05) is 83.4 Å². The van der Waals surface area contributed by atoms with E-state index >= 15 is 0 Å². The molecule has 1 amide bonds. The molecule has 0 unspecified atom stereocenters. The first-order valence-electron chi connectivity index (χ1n) is 17.8. The van der Waals surface area contributed by atoms with E-state index in [-0.39, 0.29) is 18.3 Å². The summed E-state index contributed by atoms with van der Waals surface area (Å²) in [7, 11) is 0. The Morgan fingerprint density at radius 3 is 2.04 bits per heavy atom. The van der Waals surface area contributed by atoms with E-state index in [9.17, 15) is 4.79 Å². The van der Waals surface area contributed by atoms with Crippen molar-refractivity contribution in [2.75, 3.05) is 32.8 Å². The van der Waals surface area contributed by atoms with E-state index in [4.69, 9.17) is 25.8 Å². The Balaban J connectivity index is 0.00000541. The van der Waals surface area contributed by atoms with Crippen LogP contribution in [-0.2, 0) is 24.4 Å². The highest BCUT2D eigenvalue weighted by atomic mass is 35.5. The molecule has 2 heterocycles. The second kappa shape index (κ2) is 18.8. The quantitative estimate of drug-likeness (QED) is 0.112. The number of hydrogen-bond donors (Lipinski definition) is 0. The summed E-state index contributed by atoms with van der Waals surface area (Å²) in [6.07, 6.45) is 4.40. The molecule has 1 fully saturated rings. The Morgan fingerprint density at radius 2 is 1.40 bits per heavy atom. The fourth-order valence-corrected chi connectivity index (χ4v) is 6.41. The Kier molecular flexibility index (Phi) is 14.0. The van der Waals surface area contributed by atoms with Crippen LogP contribution >= 0.6 is 24.0 Å². The van der Waals surface area contributed by atoms with E-state index in [1.54, 1.807) is 12.3 Å². The lowest BCUT2D eigenvalue weighted by Crippen LogP contribution is -2.48. The second-order valence-corrected chi connectivity index (χ2v) is 13.9. The predicted octanol–water partition coefficient (Wildman–Crippen LogP) is 9.82. The third-order valence-electron chi connectivity index (χ3n) is 9.18. The van der Waals surface area contributed by atoms with E-state index in [0.29, 0.717) is 54.3 Å². The van der Waals surface area contributed by atoms with Crippen LogP contribution in [0.4, 0.5) is 0 Å². The van der Waals surface area contributed by atoms with Crippen LogP contribution in [0.3, 0.4) is 0 Å². The number of hydrogen-bond acceptors (Lipinski definition) is 6. The van der Waals surface area contributed by atoms with Crippen molar-refractivity contribution in [3.05, 3.63) is 153 Å². The van der Waals surface area contributed by atoms with Crippen molar-refractivity contribution in [3.63, 3.8) is 0 Å². The molecule has 276 valence electrons. The second-order valence-electron chi connectivity index (χ2n) is 13.5. The lowest BCUT2D eigenvalue weighted by Gasteiger charge is -2.35. The molecule has 0 spiro atoms. The van der Waals surface area contributed by atoms with Crippen molar-refractivity contribution in [2.24, 2.45) is 0 Å². The minimum atomic E-state index is 0. The molecule has 0 atom stereocenters. The van der Waals surface area contributed by atoms with Crippen LogP contribution in [-0.4, -0.2) is 53.5 Å². The third-order valence-corrected chi connectivity index (χ3v) is 9.46. The molecule has 6 rings (SSSR count). The molecule has 0 saturated carbocycles. The first-order chi connectivity index (χ1) is 25.2. The fraction of sp³-hybridized carbons (Fsp3) is 0.273. The first-order valence-corrected chi connectivity index (χ1v) is 18.2. The molecule has 1 aliphatic heterocycles. The number of nitrogens with zero attached hydrogens (tertiary/aromatic N) is 3. The van der Waals surface area contributed by atoms with Gasteiger partial charge in [0, 0.05) is 50.8 Å². The summed E-state index contributed by atoms with van der Waals surface area (Å²) in [4.78, 5) is 22.1. The summed E-state index contributed by atoms with van der Waals surface area (Å²) < 4.78 is 17.8. The number of benzene rings is 4. The summed E-state index contributed by atoms with van der Waals surface area (Å²) >= 11 is 6.68. The summed E-state index contributed by atoms with van der Waals surface area (Å²) in [6, 6.07) is 32.5. The maximum Gasteiger partial charge on any atom is 0.249 e. The highest BCUT2D eigenvalue weighted by Crippen LogP contribution is 2.34. The molecule has 53 heavy (non-hydrogen) atoms. The topological polar surface area (TPSA) is 64.1 Å². The highest BCUT2D eigenvalue weighted by molar-refractivity contribution is 6.32.